The molecule has 0 atom stereocenters. The molecule has 112 valence electrons. The van der Waals surface area contributed by atoms with Gasteiger partial charge in [-0.1, -0.05) is 6.92 Å². The first-order valence-corrected chi connectivity index (χ1v) is 8.12. The average molecular weight is 268 g/mol. The zero-order chi connectivity index (χ0) is 13.5. The molecule has 4 heteroatoms. The molecule has 0 saturated carbocycles. The van der Waals surface area contributed by atoms with Gasteiger partial charge < -0.3 is 20.0 Å². The fourth-order valence-electron chi connectivity index (χ4n) is 3.12. The molecule has 19 heavy (non-hydrogen) atoms. The topological polar surface area (TPSA) is 21.8 Å². The number of piperazine rings is 1. The summed E-state index contributed by atoms with van der Waals surface area (Å²) in [7, 11) is 2.22. The molecular formula is C15H32N4. The van der Waals surface area contributed by atoms with Crippen molar-refractivity contribution in [1.82, 2.24) is 20.0 Å². The molecule has 0 aliphatic carbocycles. The van der Waals surface area contributed by atoms with Crippen LogP contribution in [0.25, 0.3) is 0 Å². The molecule has 2 heterocycles. The molecule has 0 aromatic heterocycles. The van der Waals surface area contributed by atoms with Crippen molar-refractivity contribution in [3.8, 4) is 0 Å². The van der Waals surface area contributed by atoms with Crippen LogP contribution in [0.4, 0.5) is 0 Å². The van der Waals surface area contributed by atoms with Gasteiger partial charge in [0.1, 0.15) is 0 Å². The number of nitrogens with one attached hydrogen (secondary N) is 1. The molecule has 1 N–H and O–H groups in total. The molecule has 4 nitrogen and oxygen atoms in total. The van der Waals surface area contributed by atoms with Crippen LogP contribution >= 0.6 is 0 Å². The Labute approximate surface area is 119 Å². The van der Waals surface area contributed by atoms with Crippen molar-refractivity contribution in [3.05, 3.63) is 0 Å². The maximum absolute atomic E-state index is 3.44. The summed E-state index contributed by atoms with van der Waals surface area (Å²) in [6.45, 7) is 14.7. The summed E-state index contributed by atoms with van der Waals surface area (Å²) in [6, 6.07) is 0. The van der Waals surface area contributed by atoms with Gasteiger partial charge in [0.25, 0.3) is 0 Å². The Hall–Kier alpha value is -0.160. The van der Waals surface area contributed by atoms with Crippen LogP contribution in [0.5, 0.6) is 0 Å². The highest BCUT2D eigenvalue weighted by atomic mass is 15.2. The molecule has 0 radical (unpaired) electrons. The second-order valence-corrected chi connectivity index (χ2v) is 6.23. The predicted molar refractivity (Wildman–Crippen MR) is 81.6 cm³/mol. The molecule has 0 aromatic rings. The van der Waals surface area contributed by atoms with Crippen LogP contribution in [0.2, 0.25) is 0 Å². The summed E-state index contributed by atoms with van der Waals surface area (Å²) >= 11 is 0. The number of likely N-dealkylation sites (N-methyl/N-ethyl adjacent to an activating group) is 1. The number of nitrogens with zero attached hydrogens (tertiary/aromatic N) is 3. The number of rotatable bonds is 6. The molecule has 0 spiro atoms. The smallest absolute Gasteiger partial charge is 0.0109 e. The quantitative estimate of drug-likeness (QED) is 0.760. The van der Waals surface area contributed by atoms with E-state index in [1.807, 2.05) is 0 Å². The van der Waals surface area contributed by atoms with E-state index in [0.29, 0.717) is 0 Å². The Bertz CT molecular complexity index is 232. The van der Waals surface area contributed by atoms with Gasteiger partial charge >= 0.3 is 0 Å². The van der Waals surface area contributed by atoms with Crippen LogP contribution in [0.1, 0.15) is 19.8 Å². The predicted octanol–water partition coefficient (Wildman–Crippen LogP) is 0.555. The van der Waals surface area contributed by atoms with Crippen LogP contribution in [0.15, 0.2) is 0 Å². The van der Waals surface area contributed by atoms with Gasteiger partial charge in [0.05, 0.1) is 0 Å². The van der Waals surface area contributed by atoms with E-state index in [-0.39, 0.29) is 0 Å². The molecule has 2 aliphatic heterocycles. The van der Waals surface area contributed by atoms with Gasteiger partial charge in [-0.2, -0.15) is 0 Å². The van der Waals surface area contributed by atoms with Crippen molar-refractivity contribution in [2.75, 3.05) is 72.5 Å². The Kier molecular flexibility index (Phi) is 6.57. The summed E-state index contributed by atoms with van der Waals surface area (Å²) < 4.78 is 0. The summed E-state index contributed by atoms with van der Waals surface area (Å²) in [6.07, 6.45) is 2.81. The van der Waals surface area contributed by atoms with E-state index in [1.54, 1.807) is 0 Å². The lowest BCUT2D eigenvalue weighted by atomic mass is 9.96. The molecule has 0 amide bonds. The lowest BCUT2D eigenvalue weighted by molar-refractivity contribution is 0.128. The summed E-state index contributed by atoms with van der Waals surface area (Å²) in [5, 5.41) is 3.44. The molecular weight excluding hydrogens is 236 g/mol. The molecule has 2 rings (SSSR count). The van der Waals surface area contributed by atoms with Crippen molar-refractivity contribution in [2.24, 2.45) is 5.92 Å². The number of hydrogen-bond acceptors (Lipinski definition) is 4. The maximum atomic E-state index is 3.44. The van der Waals surface area contributed by atoms with E-state index < -0.39 is 0 Å². The van der Waals surface area contributed by atoms with Crippen LogP contribution in [-0.2, 0) is 0 Å². The minimum atomic E-state index is 0.943. The standard InChI is InChI=1S/C15H32N4/c1-3-17(2)12-13-18-8-4-15(5-9-18)14-19-10-6-16-7-11-19/h15-16H,3-14H2,1-2H3. The minimum absolute atomic E-state index is 0.943. The molecule has 2 aliphatic rings. The molecule has 0 unspecified atom stereocenters. The van der Waals surface area contributed by atoms with Gasteiger partial charge in [-0.25, -0.2) is 0 Å². The van der Waals surface area contributed by atoms with Gasteiger partial charge in [0, 0.05) is 45.8 Å². The second-order valence-electron chi connectivity index (χ2n) is 6.23. The third-order valence-corrected chi connectivity index (χ3v) is 4.77. The van der Waals surface area contributed by atoms with E-state index >= 15 is 0 Å². The first kappa shape index (κ1) is 15.2. The number of piperidine rings is 1. The van der Waals surface area contributed by atoms with E-state index in [1.165, 1.54) is 78.3 Å². The Balaban J connectivity index is 1.59. The van der Waals surface area contributed by atoms with Crippen molar-refractivity contribution >= 4 is 0 Å². The molecule has 0 aromatic carbocycles. The van der Waals surface area contributed by atoms with Crippen molar-refractivity contribution in [1.29, 1.82) is 0 Å². The zero-order valence-electron chi connectivity index (χ0n) is 12.9. The Morgan fingerprint density at radius 2 is 1.74 bits per heavy atom. The van der Waals surface area contributed by atoms with Crippen molar-refractivity contribution in [3.63, 3.8) is 0 Å². The molecule has 2 fully saturated rings. The highest BCUT2D eigenvalue weighted by molar-refractivity contribution is 4.77. The van der Waals surface area contributed by atoms with E-state index in [0.717, 1.165) is 5.92 Å². The van der Waals surface area contributed by atoms with E-state index in [4.69, 9.17) is 0 Å². The average Bonchev–Trinajstić information content (AvgIpc) is 2.47. The van der Waals surface area contributed by atoms with Gasteiger partial charge in [-0.3, -0.25) is 0 Å². The maximum Gasteiger partial charge on any atom is 0.0109 e. The van der Waals surface area contributed by atoms with E-state index in [9.17, 15) is 0 Å². The Morgan fingerprint density at radius 1 is 1.05 bits per heavy atom. The van der Waals surface area contributed by atoms with Gasteiger partial charge in [-0.05, 0) is 45.4 Å². The third-order valence-electron chi connectivity index (χ3n) is 4.77. The number of hydrogen-bond donors (Lipinski definition) is 1. The third kappa shape index (κ3) is 5.38. The lowest BCUT2D eigenvalue weighted by Gasteiger charge is -2.36. The summed E-state index contributed by atoms with van der Waals surface area (Å²) in [5.41, 5.74) is 0. The summed E-state index contributed by atoms with van der Waals surface area (Å²) in [5.74, 6) is 0.943. The SMILES string of the molecule is CCN(C)CCN1CCC(CN2CCNCC2)CC1. The van der Waals surface area contributed by atoms with Crippen LogP contribution < -0.4 is 5.32 Å². The highest BCUT2D eigenvalue weighted by Crippen LogP contribution is 2.18. The Morgan fingerprint density at radius 3 is 2.37 bits per heavy atom. The largest absolute Gasteiger partial charge is 0.314 e. The van der Waals surface area contributed by atoms with Crippen molar-refractivity contribution in [2.45, 2.75) is 19.8 Å². The van der Waals surface area contributed by atoms with Gasteiger partial charge in [-0.15, -0.1) is 0 Å². The monoisotopic (exact) mass is 268 g/mol. The molecule has 2 saturated heterocycles. The normalized spacial score (nSPS) is 24.2. The zero-order valence-corrected chi connectivity index (χ0v) is 12.9. The first-order chi connectivity index (χ1) is 9.28. The van der Waals surface area contributed by atoms with E-state index in [2.05, 4.69) is 34.0 Å². The number of likely N-dealkylation sites (tertiary alicyclic amines) is 1. The van der Waals surface area contributed by atoms with Crippen LogP contribution in [-0.4, -0.2) is 87.2 Å². The van der Waals surface area contributed by atoms with Crippen LogP contribution in [0, 0.1) is 5.92 Å². The van der Waals surface area contributed by atoms with Gasteiger partial charge in [0.2, 0.25) is 0 Å². The van der Waals surface area contributed by atoms with Crippen LogP contribution in [0.3, 0.4) is 0 Å². The first-order valence-electron chi connectivity index (χ1n) is 8.12. The van der Waals surface area contributed by atoms with Crippen molar-refractivity contribution < 1.29 is 0 Å². The molecule has 0 bridgehead atoms. The van der Waals surface area contributed by atoms with Gasteiger partial charge in [0.15, 0.2) is 0 Å². The second kappa shape index (κ2) is 8.20. The lowest BCUT2D eigenvalue weighted by Crippen LogP contribution is -2.47. The minimum Gasteiger partial charge on any atom is -0.314 e. The highest BCUT2D eigenvalue weighted by Gasteiger charge is 2.21. The fourth-order valence-corrected chi connectivity index (χ4v) is 3.12. The summed E-state index contributed by atoms with van der Waals surface area (Å²) in [4.78, 5) is 7.72. The fraction of sp³-hybridized carbons (Fsp3) is 1.00.